The molecule has 2 rings (SSSR count). The van der Waals surface area contributed by atoms with Crippen LogP contribution in [0.1, 0.15) is 5.56 Å². The van der Waals surface area contributed by atoms with Crippen LogP contribution in [-0.2, 0) is 6.54 Å². The molecule has 1 fully saturated rings. The molecule has 0 radical (unpaired) electrons. The van der Waals surface area contributed by atoms with Crippen LogP contribution in [-0.4, -0.2) is 54.2 Å². The fourth-order valence-electron chi connectivity index (χ4n) is 2.19. The Morgan fingerprint density at radius 1 is 1.00 bits per heavy atom. The molecule has 1 aliphatic heterocycles. The first-order valence-electron chi connectivity index (χ1n) is 6.18. The molecule has 0 aromatic heterocycles. The summed E-state index contributed by atoms with van der Waals surface area (Å²) < 4.78 is 0. The summed E-state index contributed by atoms with van der Waals surface area (Å²) >= 11 is 0. The molecule has 0 saturated carbocycles. The number of aliphatic hydroxyl groups is 1. The topological polar surface area (TPSA) is 52.7 Å². The number of nitrogen functional groups attached to an aromatic ring is 1. The van der Waals surface area contributed by atoms with Gasteiger partial charge in [0.15, 0.2) is 0 Å². The molecule has 1 aromatic carbocycles. The number of aliphatic hydroxyl groups excluding tert-OH is 1. The summed E-state index contributed by atoms with van der Waals surface area (Å²) in [5.41, 5.74) is 7.80. The molecule has 0 unspecified atom stereocenters. The smallest absolute Gasteiger partial charge is 0.0558 e. The second-order valence-electron chi connectivity index (χ2n) is 4.58. The fraction of sp³-hybridized carbons (Fsp3) is 0.538. The number of hydrogen-bond acceptors (Lipinski definition) is 4. The Morgan fingerprint density at radius 3 is 2.18 bits per heavy atom. The molecule has 4 nitrogen and oxygen atoms in total. The summed E-state index contributed by atoms with van der Waals surface area (Å²) in [6, 6.07) is 8.10. The van der Waals surface area contributed by atoms with E-state index in [9.17, 15) is 0 Å². The zero-order valence-corrected chi connectivity index (χ0v) is 10.2. The van der Waals surface area contributed by atoms with Crippen LogP contribution in [0.5, 0.6) is 0 Å². The van der Waals surface area contributed by atoms with Gasteiger partial charge in [0.05, 0.1) is 6.61 Å². The molecule has 0 bridgehead atoms. The number of rotatable bonds is 4. The van der Waals surface area contributed by atoms with Crippen LogP contribution in [0, 0.1) is 0 Å². The number of benzene rings is 1. The van der Waals surface area contributed by atoms with Crippen molar-refractivity contribution in [1.29, 1.82) is 0 Å². The average Bonchev–Trinajstić information content (AvgIpc) is 2.35. The van der Waals surface area contributed by atoms with E-state index in [1.54, 1.807) is 0 Å². The first kappa shape index (κ1) is 12.4. The van der Waals surface area contributed by atoms with Gasteiger partial charge >= 0.3 is 0 Å². The van der Waals surface area contributed by atoms with Gasteiger partial charge in [0, 0.05) is 45.0 Å². The van der Waals surface area contributed by atoms with Crippen LogP contribution < -0.4 is 5.73 Å². The highest BCUT2D eigenvalue weighted by atomic mass is 16.3. The minimum absolute atomic E-state index is 0.262. The van der Waals surface area contributed by atoms with E-state index in [1.165, 1.54) is 5.56 Å². The maximum atomic E-state index is 8.88. The van der Waals surface area contributed by atoms with Crippen LogP contribution in [0.25, 0.3) is 0 Å². The van der Waals surface area contributed by atoms with Gasteiger partial charge in [0.1, 0.15) is 0 Å². The normalized spacial score (nSPS) is 18.4. The van der Waals surface area contributed by atoms with E-state index in [1.807, 2.05) is 12.1 Å². The van der Waals surface area contributed by atoms with Crippen LogP contribution in [0.2, 0.25) is 0 Å². The number of anilines is 1. The van der Waals surface area contributed by atoms with Crippen LogP contribution in [0.4, 0.5) is 5.69 Å². The SMILES string of the molecule is Nc1ccc(CN2CCN(CCO)CC2)cc1. The Morgan fingerprint density at radius 2 is 1.59 bits per heavy atom. The van der Waals surface area contributed by atoms with Crippen LogP contribution in [0.15, 0.2) is 24.3 Å². The van der Waals surface area contributed by atoms with Gasteiger partial charge in [-0.15, -0.1) is 0 Å². The van der Waals surface area contributed by atoms with E-state index in [4.69, 9.17) is 10.8 Å². The highest BCUT2D eigenvalue weighted by molar-refractivity contribution is 5.39. The van der Waals surface area contributed by atoms with E-state index < -0.39 is 0 Å². The Labute approximate surface area is 103 Å². The number of nitrogens with zero attached hydrogens (tertiary/aromatic N) is 2. The van der Waals surface area contributed by atoms with Crippen molar-refractivity contribution in [1.82, 2.24) is 9.80 Å². The van der Waals surface area contributed by atoms with Gasteiger partial charge in [0.2, 0.25) is 0 Å². The largest absolute Gasteiger partial charge is 0.399 e. The van der Waals surface area contributed by atoms with Crippen molar-refractivity contribution in [3.8, 4) is 0 Å². The van der Waals surface area contributed by atoms with Crippen LogP contribution in [0.3, 0.4) is 0 Å². The summed E-state index contributed by atoms with van der Waals surface area (Å²) in [6.45, 7) is 6.31. The minimum atomic E-state index is 0.262. The van der Waals surface area contributed by atoms with Crippen molar-refractivity contribution < 1.29 is 5.11 Å². The van der Waals surface area contributed by atoms with Crippen molar-refractivity contribution in [2.45, 2.75) is 6.54 Å². The number of piperazine rings is 1. The zero-order chi connectivity index (χ0) is 12.1. The lowest BCUT2D eigenvalue weighted by Gasteiger charge is -2.34. The van der Waals surface area contributed by atoms with Crippen molar-refractivity contribution >= 4 is 5.69 Å². The Hall–Kier alpha value is -1.10. The molecule has 3 N–H and O–H groups in total. The summed E-state index contributed by atoms with van der Waals surface area (Å²) in [4.78, 5) is 4.75. The summed E-state index contributed by atoms with van der Waals surface area (Å²) in [6.07, 6.45) is 0. The van der Waals surface area contributed by atoms with Gasteiger partial charge in [-0.3, -0.25) is 9.80 Å². The third-order valence-electron chi connectivity index (χ3n) is 3.27. The fourth-order valence-corrected chi connectivity index (χ4v) is 2.19. The molecule has 0 aliphatic carbocycles. The molecule has 1 heterocycles. The van der Waals surface area contributed by atoms with Crippen molar-refractivity contribution in [2.75, 3.05) is 45.1 Å². The molecule has 0 atom stereocenters. The standard InChI is InChI=1S/C13H21N3O/c14-13-3-1-12(2-4-13)11-16-7-5-15(6-8-16)9-10-17/h1-4,17H,5-11,14H2. The van der Waals surface area contributed by atoms with Gasteiger partial charge in [0.25, 0.3) is 0 Å². The molecule has 17 heavy (non-hydrogen) atoms. The maximum absolute atomic E-state index is 8.88. The average molecular weight is 235 g/mol. The van der Waals surface area contributed by atoms with E-state index in [0.717, 1.165) is 45.0 Å². The second-order valence-corrected chi connectivity index (χ2v) is 4.58. The highest BCUT2D eigenvalue weighted by Crippen LogP contribution is 2.10. The molecular weight excluding hydrogens is 214 g/mol. The van der Waals surface area contributed by atoms with Gasteiger partial charge < -0.3 is 10.8 Å². The Kier molecular flexibility index (Phi) is 4.36. The highest BCUT2D eigenvalue weighted by Gasteiger charge is 2.15. The molecule has 1 aromatic rings. The van der Waals surface area contributed by atoms with Gasteiger partial charge in [-0.1, -0.05) is 12.1 Å². The quantitative estimate of drug-likeness (QED) is 0.741. The monoisotopic (exact) mass is 235 g/mol. The van der Waals surface area contributed by atoms with Gasteiger partial charge in [-0.25, -0.2) is 0 Å². The Bertz CT molecular complexity index is 331. The second kappa shape index (κ2) is 6.00. The Balaban J connectivity index is 1.79. The summed E-state index contributed by atoms with van der Waals surface area (Å²) in [5.74, 6) is 0. The third-order valence-corrected chi connectivity index (χ3v) is 3.27. The first-order valence-corrected chi connectivity index (χ1v) is 6.18. The predicted molar refractivity (Wildman–Crippen MR) is 69.7 cm³/mol. The number of hydrogen-bond donors (Lipinski definition) is 2. The predicted octanol–water partition coefficient (Wildman–Crippen LogP) is 0.379. The number of nitrogens with two attached hydrogens (primary N) is 1. The van der Waals surface area contributed by atoms with E-state index in [2.05, 4.69) is 21.9 Å². The lowest BCUT2D eigenvalue weighted by Crippen LogP contribution is -2.46. The van der Waals surface area contributed by atoms with E-state index in [-0.39, 0.29) is 6.61 Å². The molecule has 0 amide bonds. The maximum Gasteiger partial charge on any atom is 0.0558 e. The molecule has 94 valence electrons. The van der Waals surface area contributed by atoms with Gasteiger partial charge in [-0.05, 0) is 17.7 Å². The molecular formula is C13H21N3O. The molecule has 1 saturated heterocycles. The van der Waals surface area contributed by atoms with Crippen molar-refractivity contribution in [3.05, 3.63) is 29.8 Å². The lowest BCUT2D eigenvalue weighted by molar-refractivity contribution is 0.108. The molecule has 0 spiro atoms. The third kappa shape index (κ3) is 3.70. The lowest BCUT2D eigenvalue weighted by atomic mass is 10.2. The summed E-state index contributed by atoms with van der Waals surface area (Å²) in [7, 11) is 0. The van der Waals surface area contributed by atoms with E-state index in [0.29, 0.717) is 0 Å². The zero-order valence-electron chi connectivity index (χ0n) is 10.2. The first-order chi connectivity index (χ1) is 8.28. The van der Waals surface area contributed by atoms with Gasteiger partial charge in [-0.2, -0.15) is 0 Å². The molecule has 4 heteroatoms. The van der Waals surface area contributed by atoms with E-state index >= 15 is 0 Å². The van der Waals surface area contributed by atoms with Crippen LogP contribution >= 0.6 is 0 Å². The van der Waals surface area contributed by atoms with Crippen molar-refractivity contribution in [3.63, 3.8) is 0 Å². The summed E-state index contributed by atoms with van der Waals surface area (Å²) in [5, 5.41) is 8.88. The molecule has 1 aliphatic rings. The van der Waals surface area contributed by atoms with Crippen molar-refractivity contribution in [2.24, 2.45) is 0 Å². The minimum Gasteiger partial charge on any atom is -0.399 e. The number of β-amino-alcohol motifs (C(OH)–C–C–N with tert-alkyl or cyclic N) is 1.